The molecule has 1 amide bonds. The summed E-state index contributed by atoms with van der Waals surface area (Å²) in [5.74, 6) is -1.10. The normalized spacial score (nSPS) is 10.7. The minimum atomic E-state index is -0.601. The minimum absolute atomic E-state index is 0.0698. The van der Waals surface area contributed by atoms with Crippen molar-refractivity contribution in [2.24, 2.45) is 0 Å². The van der Waals surface area contributed by atoms with Crippen molar-refractivity contribution in [1.29, 1.82) is 0 Å². The molecular weight excluding hydrogens is 462 g/mol. The number of carbonyl (C=O) groups excluding carboxylic acids is 2. The van der Waals surface area contributed by atoms with E-state index < -0.39 is 18.5 Å². The number of nitrogens with zero attached hydrogens (tertiary/aromatic N) is 2. The number of benzene rings is 2. The average Bonchev–Trinajstić information content (AvgIpc) is 2.68. The summed E-state index contributed by atoms with van der Waals surface area (Å²) in [6.45, 7) is 1.54. The number of halogens is 2. The minimum Gasteiger partial charge on any atom is -0.456 e. The Bertz CT molecular complexity index is 1150. The van der Waals surface area contributed by atoms with Crippen LogP contribution in [0.25, 0.3) is 10.9 Å². The molecule has 29 heavy (non-hydrogen) atoms. The number of hydrogen-bond acceptors (Lipinski definition) is 5. The Hall–Kier alpha value is -2.71. The van der Waals surface area contributed by atoms with Crippen molar-refractivity contribution < 1.29 is 14.3 Å². The Morgan fingerprint density at radius 3 is 2.79 bits per heavy atom. The smallest absolute Gasteiger partial charge is 0.308 e. The van der Waals surface area contributed by atoms with Crippen molar-refractivity contribution in [1.82, 2.24) is 9.55 Å². The Balaban J connectivity index is 1.53. The Morgan fingerprint density at radius 1 is 1.24 bits per heavy atom. The first-order chi connectivity index (χ1) is 13.8. The van der Waals surface area contributed by atoms with Crippen LogP contribution in [0.4, 0.5) is 5.69 Å². The fraction of sp³-hybridized carbons (Fsp3) is 0.200. The molecule has 0 unspecified atom stereocenters. The third-order valence-electron chi connectivity index (χ3n) is 4.11. The number of aryl methyl sites for hydroxylation is 2. The van der Waals surface area contributed by atoms with Crippen LogP contribution in [0.2, 0.25) is 5.02 Å². The van der Waals surface area contributed by atoms with Crippen molar-refractivity contribution in [3.05, 3.63) is 68.1 Å². The maximum absolute atomic E-state index is 12.5. The van der Waals surface area contributed by atoms with Crippen LogP contribution in [0.15, 0.2) is 52.0 Å². The second-order valence-corrected chi connectivity index (χ2v) is 7.67. The number of hydrogen-bond donors (Lipinski definition) is 1. The molecule has 3 rings (SSSR count). The number of carbonyl (C=O) groups is 2. The maximum Gasteiger partial charge on any atom is 0.308 e. The lowest BCUT2D eigenvalue weighted by Crippen LogP contribution is -2.24. The molecular formula is C20H17BrClN3O4. The summed E-state index contributed by atoms with van der Waals surface area (Å²) in [7, 11) is 0. The summed E-state index contributed by atoms with van der Waals surface area (Å²) in [5, 5.41) is 3.43. The van der Waals surface area contributed by atoms with Gasteiger partial charge in [0, 0.05) is 11.0 Å². The Labute approximate surface area is 179 Å². The van der Waals surface area contributed by atoms with Gasteiger partial charge >= 0.3 is 5.97 Å². The number of esters is 1. The van der Waals surface area contributed by atoms with Gasteiger partial charge in [0.1, 0.15) is 0 Å². The van der Waals surface area contributed by atoms with Crippen LogP contribution in [0, 0.1) is 6.92 Å². The highest BCUT2D eigenvalue weighted by Crippen LogP contribution is 2.22. The molecule has 7 nitrogen and oxygen atoms in total. The standard InChI is InChI=1S/C20H17BrClN3O4/c1-12-2-4-17(15(22)8-12)24-18(26)10-29-19(27)6-7-25-11-23-16-5-3-13(21)9-14(16)20(25)28/h2-5,8-9,11H,6-7,10H2,1H3,(H,24,26). The molecule has 3 aromatic rings. The maximum atomic E-state index is 12.5. The second kappa shape index (κ2) is 9.19. The van der Waals surface area contributed by atoms with E-state index in [0.29, 0.717) is 21.6 Å². The molecule has 1 heterocycles. The summed E-state index contributed by atoms with van der Waals surface area (Å²) in [6, 6.07) is 10.4. The molecule has 0 aliphatic carbocycles. The molecule has 0 atom stereocenters. The summed E-state index contributed by atoms with van der Waals surface area (Å²) in [4.78, 5) is 40.6. The van der Waals surface area contributed by atoms with Crippen LogP contribution in [-0.4, -0.2) is 28.0 Å². The molecule has 0 bridgehead atoms. The number of ether oxygens (including phenoxy) is 1. The van der Waals surface area contributed by atoms with Gasteiger partial charge in [-0.25, -0.2) is 4.98 Å². The van der Waals surface area contributed by atoms with E-state index in [9.17, 15) is 14.4 Å². The summed E-state index contributed by atoms with van der Waals surface area (Å²) in [5.41, 5.74) is 1.72. The fourth-order valence-electron chi connectivity index (χ4n) is 2.63. The molecule has 9 heteroatoms. The van der Waals surface area contributed by atoms with Crippen molar-refractivity contribution >= 4 is 56.0 Å². The quantitative estimate of drug-likeness (QED) is 0.546. The lowest BCUT2D eigenvalue weighted by atomic mass is 10.2. The van der Waals surface area contributed by atoms with Crippen LogP contribution >= 0.6 is 27.5 Å². The largest absolute Gasteiger partial charge is 0.456 e. The summed E-state index contributed by atoms with van der Waals surface area (Å²) < 4.78 is 7.07. The molecule has 0 radical (unpaired) electrons. The zero-order chi connectivity index (χ0) is 21.0. The Kier molecular flexibility index (Phi) is 6.66. The highest BCUT2D eigenvalue weighted by molar-refractivity contribution is 9.10. The lowest BCUT2D eigenvalue weighted by molar-refractivity contribution is -0.147. The van der Waals surface area contributed by atoms with E-state index in [1.54, 1.807) is 36.4 Å². The van der Waals surface area contributed by atoms with E-state index in [0.717, 1.165) is 10.0 Å². The first-order valence-electron chi connectivity index (χ1n) is 8.70. The number of nitrogens with one attached hydrogen (secondary N) is 1. The van der Waals surface area contributed by atoms with Crippen LogP contribution in [0.3, 0.4) is 0 Å². The highest BCUT2D eigenvalue weighted by Gasteiger charge is 2.11. The fourth-order valence-corrected chi connectivity index (χ4v) is 3.27. The van der Waals surface area contributed by atoms with Gasteiger partial charge < -0.3 is 10.1 Å². The number of aromatic nitrogens is 2. The van der Waals surface area contributed by atoms with Crippen LogP contribution < -0.4 is 10.9 Å². The monoisotopic (exact) mass is 477 g/mol. The first-order valence-corrected chi connectivity index (χ1v) is 9.87. The lowest BCUT2D eigenvalue weighted by Gasteiger charge is -2.09. The number of rotatable bonds is 6. The van der Waals surface area contributed by atoms with Gasteiger partial charge in [-0.05, 0) is 42.8 Å². The van der Waals surface area contributed by atoms with E-state index in [2.05, 4.69) is 26.2 Å². The third-order valence-corrected chi connectivity index (χ3v) is 4.91. The van der Waals surface area contributed by atoms with E-state index in [1.165, 1.54) is 10.9 Å². The number of fused-ring (bicyclic) bond motifs is 1. The molecule has 0 aliphatic heterocycles. The Morgan fingerprint density at radius 2 is 2.03 bits per heavy atom. The molecule has 0 fully saturated rings. The van der Waals surface area contributed by atoms with Gasteiger partial charge in [0.2, 0.25) is 0 Å². The number of amides is 1. The first kappa shape index (κ1) is 21.0. The predicted octanol–water partition coefficient (Wildman–Crippen LogP) is 3.69. The molecule has 1 N–H and O–H groups in total. The molecule has 0 saturated carbocycles. The van der Waals surface area contributed by atoms with Gasteiger partial charge in [0.05, 0.1) is 34.4 Å². The van der Waals surface area contributed by atoms with Gasteiger partial charge in [0.25, 0.3) is 11.5 Å². The summed E-state index contributed by atoms with van der Waals surface area (Å²) in [6.07, 6.45) is 1.32. The zero-order valence-corrected chi connectivity index (χ0v) is 17.8. The van der Waals surface area contributed by atoms with Crippen molar-refractivity contribution in [2.45, 2.75) is 19.9 Å². The molecule has 150 valence electrons. The van der Waals surface area contributed by atoms with Crippen molar-refractivity contribution in [2.75, 3.05) is 11.9 Å². The van der Waals surface area contributed by atoms with Gasteiger partial charge in [-0.15, -0.1) is 0 Å². The third kappa shape index (κ3) is 5.42. The predicted molar refractivity (Wildman–Crippen MR) is 114 cm³/mol. The van der Waals surface area contributed by atoms with E-state index in [4.69, 9.17) is 16.3 Å². The zero-order valence-electron chi connectivity index (χ0n) is 15.4. The molecule has 0 spiro atoms. The van der Waals surface area contributed by atoms with Gasteiger partial charge in [-0.2, -0.15) is 0 Å². The van der Waals surface area contributed by atoms with Gasteiger partial charge in [0.15, 0.2) is 6.61 Å². The topological polar surface area (TPSA) is 90.3 Å². The molecule has 2 aromatic carbocycles. The van der Waals surface area contributed by atoms with E-state index in [-0.39, 0.29) is 18.5 Å². The summed E-state index contributed by atoms with van der Waals surface area (Å²) >= 11 is 9.38. The van der Waals surface area contributed by atoms with E-state index >= 15 is 0 Å². The highest BCUT2D eigenvalue weighted by atomic mass is 79.9. The number of anilines is 1. The molecule has 0 aliphatic rings. The molecule has 1 aromatic heterocycles. The van der Waals surface area contributed by atoms with Gasteiger partial charge in [-0.1, -0.05) is 33.6 Å². The van der Waals surface area contributed by atoms with Crippen LogP contribution in [0.5, 0.6) is 0 Å². The van der Waals surface area contributed by atoms with E-state index in [1.807, 2.05) is 6.92 Å². The van der Waals surface area contributed by atoms with Crippen LogP contribution in [0.1, 0.15) is 12.0 Å². The second-order valence-electron chi connectivity index (χ2n) is 6.35. The van der Waals surface area contributed by atoms with Gasteiger partial charge in [-0.3, -0.25) is 19.0 Å². The SMILES string of the molecule is Cc1ccc(NC(=O)COC(=O)CCn2cnc3ccc(Br)cc3c2=O)c(Cl)c1. The van der Waals surface area contributed by atoms with Crippen molar-refractivity contribution in [3.63, 3.8) is 0 Å². The van der Waals surface area contributed by atoms with Crippen LogP contribution in [-0.2, 0) is 20.9 Å². The molecule has 0 saturated heterocycles. The van der Waals surface area contributed by atoms with Crippen molar-refractivity contribution in [3.8, 4) is 0 Å². The average molecular weight is 479 g/mol.